The zero-order chi connectivity index (χ0) is 17.7. The number of para-hydroxylation sites is 2. The first-order chi connectivity index (χ1) is 12.3. The van der Waals surface area contributed by atoms with Gasteiger partial charge in [-0.2, -0.15) is 0 Å². The van der Waals surface area contributed by atoms with Gasteiger partial charge in [-0.25, -0.2) is 4.79 Å². The Hall–Kier alpha value is -2.49. The molecule has 0 saturated carbocycles. The third-order valence-electron chi connectivity index (χ3n) is 3.89. The highest BCUT2D eigenvalue weighted by Gasteiger charge is 2.07. The summed E-state index contributed by atoms with van der Waals surface area (Å²) in [5.41, 5.74) is 1.25. The number of hydrogen-bond acceptors (Lipinski definition) is 4. The van der Waals surface area contributed by atoms with Crippen LogP contribution in [-0.2, 0) is 4.74 Å². The van der Waals surface area contributed by atoms with Crippen LogP contribution in [0.2, 0.25) is 0 Å². The van der Waals surface area contributed by atoms with Crippen LogP contribution in [0, 0.1) is 0 Å². The molecule has 0 radical (unpaired) electrons. The summed E-state index contributed by atoms with van der Waals surface area (Å²) in [4.78, 5) is 14.0. The Morgan fingerprint density at radius 1 is 0.880 bits per heavy atom. The fourth-order valence-electron chi connectivity index (χ4n) is 2.53. The second-order valence-corrected chi connectivity index (χ2v) is 5.90. The van der Waals surface area contributed by atoms with E-state index in [1.54, 1.807) is 12.1 Å². The quantitative estimate of drug-likeness (QED) is 0.334. The van der Waals surface area contributed by atoms with Crippen molar-refractivity contribution < 1.29 is 14.3 Å². The Morgan fingerprint density at radius 3 is 2.20 bits per heavy atom. The maximum absolute atomic E-state index is 11.6. The molecular formula is C21H27NO3. The summed E-state index contributed by atoms with van der Waals surface area (Å²) in [6.45, 7) is 4.59. The van der Waals surface area contributed by atoms with E-state index in [4.69, 9.17) is 9.47 Å². The normalized spacial score (nSPS) is 10.3. The first kappa shape index (κ1) is 18.8. The predicted octanol–water partition coefficient (Wildman–Crippen LogP) is 5.29. The molecule has 0 N–H and O–H groups in total. The number of carbonyl (C=O) groups excluding carboxylic acids is 1. The van der Waals surface area contributed by atoms with Crippen LogP contribution < -0.4 is 9.64 Å². The highest BCUT2D eigenvalue weighted by Crippen LogP contribution is 2.15. The van der Waals surface area contributed by atoms with E-state index in [9.17, 15) is 4.79 Å². The Bertz CT molecular complexity index is 601. The molecule has 134 valence electrons. The van der Waals surface area contributed by atoms with Crippen LogP contribution in [0.25, 0.3) is 0 Å². The van der Waals surface area contributed by atoms with Crippen molar-refractivity contribution in [2.45, 2.75) is 32.6 Å². The van der Waals surface area contributed by atoms with Gasteiger partial charge in [-0.1, -0.05) is 49.7 Å². The molecule has 0 aromatic heterocycles. The molecule has 0 spiro atoms. The lowest BCUT2D eigenvalue weighted by Gasteiger charge is -2.24. The molecule has 0 unspecified atom stereocenters. The molecule has 0 heterocycles. The Morgan fingerprint density at radius 2 is 1.52 bits per heavy atom. The zero-order valence-electron chi connectivity index (χ0n) is 14.9. The molecule has 0 aliphatic carbocycles. The molecule has 0 atom stereocenters. The molecule has 2 aromatic carbocycles. The maximum Gasteiger partial charge on any atom is 0.513 e. The smallest absolute Gasteiger partial charge is 0.434 e. The maximum atomic E-state index is 11.6. The van der Waals surface area contributed by atoms with Crippen molar-refractivity contribution in [2.24, 2.45) is 0 Å². The van der Waals surface area contributed by atoms with Gasteiger partial charge in [0.1, 0.15) is 5.75 Å². The van der Waals surface area contributed by atoms with Gasteiger partial charge in [-0.15, -0.1) is 0 Å². The van der Waals surface area contributed by atoms with E-state index in [0.717, 1.165) is 25.9 Å². The lowest BCUT2D eigenvalue weighted by atomic mass is 10.2. The van der Waals surface area contributed by atoms with E-state index >= 15 is 0 Å². The molecular weight excluding hydrogens is 314 g/mol. The Kier molecular flexibility index (Phi) is 8.39. The van der Waals surface area contributed by atoms with Crippen LogP contribution in [0.3, 0.4) is 0 Å². The van der Waals surface area contributed by atoms with E-state index in [0.29, 0.717) is 12.4 Å². The van der Waals surface area contributed by atoms with Crippen molar-refractivity contribution in [2.75, 3.05) is 24.6 Å². The number of nitrogens with zero attached hydrogens (tertiary/aromatic N) is 1. The van der Waals surface area contributed by atoms with Crippen LogP contribution in [0.4, 0.5) is 10.5 Å². The van der Waals surface area contributed by atoms with Gasteiger partial charge >= 0.3 is 6.16 Å². The molecule has 4 nitrogen and oxygen atoms in total. The third kappa shape index (κ3) is 7.29. The summed E-state index contributed by atoms with van der Waals surface area (Å²) in [5, 5.41) is 0. The first-order valence-corrected chi connectivity index (χ1v) is 8.99. The summed E-state index contributed by atoms with van der Waals surface area (Å²) < 4.78 is 10.2. The number of hydrogen-bond donors (Lipinski definition) is 0. The van der Waals surface area contributed by atoms with E-state index < -0.39 is 6.16 Å². The van der Waals surface area contributed by atoms with Gasteiger partial charge in [0, 0.05) is 18.8 Å². The molecule has 0 bridgehead atoms. The minimum absolute atomic E-state index is 0.377. The number of benzene rings is 2. The molecule has 25 heavy (non-hydrogen) atoms. The Balaban J connectivity index is 1.67. The van der Waals surface area contributed by atoms with Crippen LogP contribution in [0.5, 0.6) is 5.75 Å². The fraction of sp³-hybridized carbons (Fsp3) is 0.381. The van der Waals surface area contributed by atoms with Gasteiger partial charge in [0.2, 0.25) is 0 Å². The zero-order valence-corrected chi connectivity index (χ0v) is 14.9. The third-order valence-corrected chi connectivity index (χ3v) is 3.89. The van der Waals surface area contributed by atoms with E-state index in [-0.39, 0.29) is 0 Å². The molecule has 0 fully saturated rings. The van der Waals surface area contributed by atoms with Crippen LogP contribution in [0.1, 0.15) is 32.6 Å². The first-order valence-electron chi connectivity index (χ1n) is 8.99. The highest BCUT2D eigenvalue weighted by molar-refractivity contribution is 5.63. The van der Waals surface area contributed by atoms with Crippen molar-refractivity contribution in [3.05, 3.63) is 60.7 Å². The fourth-order valence-corrected chi connectivity index (χ4v) is 2.53. The summed E-state index contributed by atoms with van der Waals surface area (Å²) in [5.74, 6) is 0.502. The van der Waals surface area contributed by atoms with Gasteiger partial charge < -0.3 is 14.4 Å². The predicted molar refractivity (Wildman–Crippen MR) is 101 cm³/mol. The molecule has 2 rings (SSSR count). The summed E-state index contributed by atoms with van der Waals surface area (Å²) in [7, 11) is 0. The number of rotatable bonds is 10. The van der Waals surface area contributed by atoms with E-state index in [2.05, 4.69) is 36.1 Å². The summed E-state index contributed by atoms with van der Waals surface area (Å²) in [6.07, 6.45) is 3.50. The molecule has 4 heteroatoms. The van der Waals surface area contributed by atoms with Gasteiger partial charge in [0.25, 0.3) is 0 Å². The minimum Gasteiger partial charge on any atom is -0.434 e. The second kappa shape index (κ2) is 11.1. The molecule has 0 aliphatic rings. The lowest BCUT2D eigenvalue weighted by molar-refractivity contribution is 0.0976. The minimum atomic E-state index is -0.642. The average Bonchev–Trinajstić information content (AvgIpc) is 2.65. The van der Waals surface area contributed by atoms with Gasteiger partial charge in [-0.3, -0.25) is 0 Å². The SMILES string of the molecule is CCCCN(CCCCOC(=O)Oc1ccccc1)c1ccccc1. The van der Waals surface area contributed by atoms with Gasteiger partial charge in [0.15, 0.2) is 0 Å². The number of unbranched alkanes of at least 4 members (excludes halogenated alkanes) is 2. The highest BCUT2D eigenvalue weighted by atomic mass is 16.7. The van der Waals surface area contributed by atoms with Crippen molar-refractivity contribution in [3.63, 3.8) is 0 Å². The standard InChI is InChI=1S/C21H27NO3/c1-2-3-16-22(19-12-6-4-7-13-19)17-10-11-18-24-21(23)25-20-14-8-5-9-15-20/h4-9,12-15H,2-3,10-11,16-18H2,1H3. The second-order valence-electron chi connectivity index (χ2n) is 5.90. The largest absolute Gasteiger partial charge is 0.513 e. The molecule has 2 aromatic rings. The van der Waals surface area contributed by atoms with Gasteiger partial charge in [-0.05, 0) is 43.5 Å². The molecule has 0 saturated heterocycles. The van der Waals surface area contributed by atoms with Crippen LogP contribution >= 0.6 is 0 Å². The molecule has 0 amide bonds. The topological polar surface area (TPSA) is 38.8 Å². The summed E-state index contributed by atoms with van der Waals surface area (Å²) in [6, 6.07) is 19.4. The van der Waals surface area contributed by atoms with E-state index in [1.165, 1.54) is 18.5 Å². The number of ether oxygens (including phenoxy) is 2. The Labute approximate surface area is 150 Å². The van der Waals surface area contributed by atoms with Crippen LogP contribution in [0.15, 0.2) is 60.7 Å². The van der Waals surface area contributed by atoms with Crippen molar-refractivity contribution in [3.8, 4) is 5.75 Å². The lowest BCUT2D eigenvalue weighted by Crippen LogP contribution is -2.25. The monoisotopic (exact) mass is 341 g/mol. The van der Waals surface area contributed by atoms with E-state index in [1.807, 2.05) is 24.3 Å². The van der Waals surface area contributed by atoms with Crippen molar-refractivity contribution in [1.29, 1.82) is 0 Å². The molecule has 0 aliphatic heterocycles. The number of anilines is 1. The average molecular weight is 341 g/mol. The van der Waals surface area contributed by atoms with Gasteiger partial charge in [0.05, 0.1) is 6.61 Å². The number of carbonyl (C=O) groups is 1. The van der Waals surface area contributed by atoms with Crippen LogP contribution in [-0.4, -0.2) is 25.9 Å². The van der Waals surface area contributed by atoms with Crippen molar-refractivity contribution >= 4 is 11.8 Å². The van der Waals surface area contributed by atoms with Crippen molar-refractivity contribution in [1.82, 2.24) is 0 Å². The summed E-state index contributed by atoms with van der Waals surface area (Å²) >= 11 is 0.